The summed E-state index contributed by atoms with van der Waals surface area (Å²) in [5.74, 6) is -5.51. The molecule has 2 saturated carbocycles. The van der Waals surface area contributed by atoms with Crippen molar-refractivity contribution in [1.82, 2.24) is 9.88 Å². The van der Waals surface area contributed by atoms with Crippen LogP contribution in [0.3, 0.4) is 0 Å². The van der Waals surface area contributed by atoms with E-state index in [1.54, 1.807) is 0 Å². The second kappa shape index (κ2) is 12.5. The monoisotopic (exact) mass is 516 g/mol. The molecule has 1 aromatic heterocycles. The number of fused-ring (bicyclic) bond motifs is 2. The van der Waals surface area contributed by atoms with Crippen LogP contribution in [0, 0.1) is 0 Å². The molecule has 2 heterocycles. The van der Waals surface area contributed by atoms with Crippen molar-refractivity contribution < 1.29 is 55.6 Å². The molecule has 3 unspecified atom stereocenters. The molecule has 198 valence electrons. The fraction of sp³-hybridized carbons (Fsp3) is 0.667. The fourth-order valence-corrected chi connectivity index (χ4v) is 3.98. The van der Waals surface area contributed by atoms with E-state index >= 15 is 0 Å². The number of pyridine rings is 1. The molecule has 14 heteroatoms. The maximum atomic E-state index is 10.6. The number of alkyl halides is 6. The van der Waals surface area contributed by atoms with Crippen molar-refractivity contribution in [2.24, 2.45) is 0 Å². The Hall–Kier alpha value is -2.45. The number of carbonyl (C=O) groups is 2. The molecular formula is C21H26F6N2O6. The molecule has 2 bridgehead atoms. The Morgan fingerprint density at radius 3 is 2.00 bits per heavy atom. The van der Waals surface area contributed by atoms with Crippen LogP contribution in [0.2, 0.25) is 0 Å². The van der Waals surface area contributed by atoms with E-state index in [9.17, 15) is 26.3 Å². The third-order valence-electron chi connectivity index (χ3n) is 5.82. The van der Waals surface area contributed by atoms with Crippen molar-refractivity contribution in [3.8, 4) is 0 Å². The van der Waals surface area contributed by atoms with Gasteiger partial charge in [-0.2, -0.15) is 26.3 Å². The summed E-state index contributed by atoms with van der Waals surface area (Å²) in [6.07, 6.45) is 0.506. The first-order valence-corrected chi connectivity index (χ1v) is 10.8. The molecule has 2 aliphatic carbocycles. The molecule has 3 atom stereocenters. The molecule has 2 N–H and O–H groups in total. The van der Waals surface area contributed by atoms with E-state index in [0.29, 0.717) is 18.8 Å². The van der Waals surface area contributed by atoms with Gasteiger partial charge in [0.2, 0.25) is 0 Å². The average Bonchev–Trinajstić information content (AvgIpc) is 3.03. The lowest BCUT2D eigenvalue weighted by Crippen LogP contribution is -2.50. The van der Waals surface area contributed by atoms with Gasteiger partial charge in [-0.05, 0) is 43.4 Å². The Morgan fingerprint density at radius 2 is 1.54 bits per heavy atom. The number of carboxylic acid groups (broad SMARTS) is 2. The molecule has 1 aromatic rings. The van der Waals surface area contributed by atoms with Crippen LogP contribution >= 0.6 is 0 Å². The number of nitrogens with zero attached hydrogens (tertiary/aromatic N) is 2. The standard InChI is InChI=1S/C17H24N2O2.2C2HF3O2/c1-2-14(3-1)19-10-11-20-16-5-4-15(19)17(16)21-12-13-6-8-18-9-7-13;2*3-2(4,5)1(6)7/h6-9,14-17H,1-5,10-12H2;2*(H,6,7). The van der Waals surface area contributed by atoms with Gasteiger partial charge >= 0.3 is 24.3 Å². The van der Waals surface area contributed by atoms with Gasteiger partial charge in [0, 0.05) is 31.0 Å². The van der Waals surface area contributed by atoms with Gasteiger partial charge in [-0.25, -0.2) is 9.59 Å². The van der Waals surface area contributed by atoms with Gasteiger partial charge in [0.25, 0.3) is 0 Å². The molecule has 3 aliphatic rings. The van der Waals surface area contributed by atoms with E-state index in [0.717, 1.165) is 25.6 Å². The van der Waals surface area contributed by atoms with Crippen LogP contribution in [-0.4, -0.2) is 81.8 Å². The second-order valence-corrected chi connectivity index (χ2v) is 8.11. The minimum absolute atomic E-state index is 0.237. The SMILES string of the molecule is O=C(O)C(F)(F)F.O=C(O)C(F)(F)F.c1cc(COC2C3CCC2N(C2CCC2)CCO3)ccn1. The van der Waals surface area contributed by atoms with Gasteiger partial charge < -0.3 is 19.7 Å². The summed E-state index contributed by atoms with van der Waals surface area (Å²) in [6, 6.07) is 5.40. The highest BCUT2D eigenvalue weighted by Crippen LogP contribution is 2.37. The highest BCUT2D eigenvalue weighted by molar-refractivity contribution is 5.73. The number of aromatic nitrogens is 1. The second-order valence-electron chi connectivity index (χ2n) is 8.11. The van der Waals surface area contributed by atoms with Crippen molar-refractivity contribution >= 4 is 11.9 Å². The van der Waals surface area contributed by atoms with E-state index in [-0.39, 0.29) is 6.10 Å². The van der Waals surface area contributed by atoms with Gasteiger partial charge in [-0.3, -0.25) is 9.88 Å². The van der Waals surface area contributed by atoms with Gasteiger partial charge in [-0.15, -0.1) is 0 Å². The minimum Gasteiger partial charge on any atom is -0.475 e. The fourth-order valence-electron chi connectivity index (χ4n) is 3.98. The Morgan fingerprint density at radius 1 is 1.00 bits per heavy atom. The number of rotatable bonds is 4. The van der Waals surface area contributed by atoms with Crippen molar-refractivity contribution in [1.29, 1.82) is 0 Å². The van der Waals surface area contributed by atoms with Crippen LogP contribution in [-0.2, 0) is 25.7 Å². The van der Waals surface area contributed by atoms with Crippen molar-refractivity contribution in [2.75, 3.05) is 13.2 Å². The van der Waals surface area contributed by atoms with Gasteiger partial charge in [0.05, 0.1) is 25.4 Å². The summed E-state index contributed by atoms with van der Waals surface area (Å²) in [7, 11) is 0. The third kappa shape index (κ3) is 8.93. The third-order valence-corrected chi connectivity index (χ3v) is 5.82. The van der Waals surface area contributed by atoms with Crippen molar-refractivity contribution in [3.63, 3.8) is 0 Å². The quantitative estimate of drug-likeness (QED) is 0.584. The molecular weight excluding hydrogens is 490 g/mol. The Bertz CT molecular complexity index is 795. The van der Waals surface area contributed by atoms with Crippen molar-refractivity contribution in [3.05, 3.63) is 30.1 Å². The molecule has 3 fully saturated rings. The van der Waals surface area contributed by atoms with Crippen LogP contribution in [0.5, 0.6) is 0 Å². The zero-order chi connectivity index (χ0) is 26.2. The first-order chi connectivity index (χ1) is 16.3. The lowest BCUT2D eigenvalue weighted by molar-refractivity contribution is -0.193. The zero-order valence-corrected chi connectivity index (χ0v) is 18.5. The zero-order valence-electron chi connectivity index (χ0n) is 18.5. The summed E-state index contributed by atoms with van der Waals surface area (Å²) >= 11 is 0. The van der Waals surface area contributed by atoms with E-state index in [1.165, 1.54) is 31.2 Å². The minimum atomic E-state index is -5.08. The smallest absolute Gasteiger partial charge is 0.475 e. The summed E-state index contributed by atoms with van der Waals surface area (Å²) < 4.78 is 75.8. The predicted molar refractivity (Wildman–Crippen MR) is 107 cm³/mol. The molecule has 35 heavy (non-hydrogen) atoms. The van der Waals surface area contributed by atoms with E-state index in [1.807, 2.05) is 24.5 Å². The van der Waals surface area contributed by atoms with Gasteiger partial charge in [0.1, 0.15) is 0 Å². The predicted octanol–water partition coefficient (Wildman–Crippen LogP) is 3.65. The Labute approximate surface area is 196 Å². The number of aliphatic carboxylic acids is 2. The first kappa shape index (κ1) is 28.8. The molecule has 0 aromatic carbocycles. The number of hydrogen-bond acceptors (Lipinski definition) is 6. The lowest BCUT2D eigenvalue weighted by atomic mass is 9.90. The highest BCUT2D eigenvalue weighted by Gasteiger charge is 2.45. The summed E-state index contributed by atoms with van der Waals surface area (Å²) in [5.41, 5.74) is 1.20. The molecule has 4 rings (SSSR count). The average molecular weight is 516 g/mol. The summed E-state index contributed by atoms with van der Waals surface area (Å²) in [6.45, 7) is 2.62. The highest BCUT2D eigenvalue weighted by atomic mass is 19.4. The first-order valence-electron chi connectivity index (χ1n) is 10.8. The van der Waals surface area contributed by atoms with Gasteiger partial charge in [0.15, 0.2) is 0 Å². The van der Waals surface area contributed by atoms with Crippen LogP contribution in [0.1, 0.15) is 37.7 Å². The summed E-state index contributed by atoms with van der Waals surface area (Å²) in [5, 5.41) is 14.2. The molecule has 8 nitrogen and oxygen atoms in total. The normalized spacial score (nSPS) is 24.7. The van der Waals surface area contributed by atoms with Crippen LogP contribution < -0.4 is 0 Å². The molecule has 0 spiro atoms. The number of ether oxygens (including phenoxy) is 2. The Balaban J connectivity index is 0.000000257. The van der Waals surface area contributed by atoms with Crippen LogP contribution in [0.4, 0.5) is 26.3 Å². The number of carboxylic acids is 2. The van der Waals surface area contributed by atoms with Crippen molar-refractivity contribution in [2.45, 2.75) is 75.4 Å². The largest absolute Gasteiger partial charge is 0.490 e. The maximum Gasteiger partial charge on any atom is 0.490 e. The van der Waals surface area contributed by atoms with Crippen LogP contribution in [0.25, 0.3) is 0 Å². The topological polar surface area (TPSA) is 109 Å². The van der Waals surface area contributed by atoms with Gasteiger partial charge in [-0.1, -0.05) is 6.42 Å². The number of halogens is 6. The lowest BCUT2D eigenvalue weighted by Gasteiger charge is -2.42. The maximum absolute atomic E-state index is 10.6. The summed E-state index contributed by atoms with van der Waals surface area (Å²) in [4.78, 5) is 24.5. The Kier molecular flexibility index (Phi) is 10.3. The van der Waals surface area contributed by atoms with Crippen LogP contribution in [0.15, 0.2) is 24.5 Å². The molecule has 0 radical (unpaired) electrons. The number of hydrogen-bond donors (Lipinski definition) is 2. The van der Waals surface area contributed by atoms with E-state index in [2.05, 4.69) is 9.88 Å². The molecule has 1 saturated heterocycles. The van der Waals surface area contributed by atoms with E-state index in [4.69, 9.17) is 29.3 Å². The molecule has 1 aliphatic heterocycles. The molecule has 0 amide bonds. The van der Waals surface area contributed by atoms with E-state index < -0.39 is 24.3 Å².